The number of ether oxygens (including phenoxy) is 1. The van der Waals surface area contributed by atoms with E-state index in [1.54, 1.807) is 12.5 Å². The summed E-state index contributed by atoms with van der Waals surface area (Å²) in [7, 11) is 0. The van der Waals surface area contributed by atoms with Crippen molar-refractivity contribution in [2.45, 2.75) is 19.4 Å². The van der Waals surface area contributed by atoms with Crippen LogP contribution >= 0.6 is 0 Å². The van der Waals surface area contributed by atoms with Crippen LogP contribution in [0.2, 0.25) is 0 Å². The molecule has 0 N–H and O–H groups in total. The molecule has 1 unspecified atom stereocenters. The molecule has 1 aromatic rings. The molecule has 1 aliphatic heterocycles. The Morgan fingerprint density at radius 1 is 1.50 bits per heavy atom. The lowest BCUT2D eigenvalue weighted by Crippen LogP contribution is -2.09. The van der Waals surface area contributed by atoms with E-state index in [1.807, 2.05) is 6.07 Å². The molecule has 0 spiro atoms. The Bertz CT molecular complexity index is 272. The van der Waals surface area contributed by atoms with Crippen molar-refractivity contribution in [3.8, 4) is 0 Å². The van der Waals surface area contributed by atoms with Crippen molar-refractivity contribution in [1.29, 1.82) is 0 Å². The predicted octanol–water partition coefficient (Wildman–Crippen LogP) is 2.69. The summed E-state index contributed by atoms with van der Waals surface area (Å²) >= 11 is 0. The van der Waals surface area contributed by atoms with Gasteiger partial charge < -0.3 is 9.15 Å². The van der Waals surface area contributed by atoms with E-state index in [2.05, 4.69) is 13.0 Å². The van der Waals surface area contributed by atoms with Gasteiger partial charge >= 0.3 is 0 Å². The largest absolute Gasteiger partial charge is 0.472 e. The number of rotatable bonds is 1. The van der Waals surface area contributed by atoms with Gasteiger partial charge in [0, 0.05) is 5.56 Å². The van der Waals surface area contributed by atoms with Crippen LogP contribution in [0.25, 0.3) is 0 Å². The van der Waals surface area contributed by atoms with Gasteiger partial charge in [-0.3, -0.25) is 0 Å². The minimum atomic E-state index is 0.201. The third kappa shape index (κ3) is 1.43. The topological polar surface area (TPSA) is 22.4 Å². The smallest absolute Gasteiger partial charge is 0.0960 e. The Labute approximate surface area is 71.8 Å². The van der Waals surface area contributed by atoms with Gasteiger partial charge in [-0.25, -0.2) is 0 Å². The molecule has 2 nitrogen and oxygen atoms in total. The van der Waals surface area contributed by atoms with Gasteiger partial charge in [0.05, 0.1) is 25.2 Å². The lowest BCUT2D eigenvalue weighted by atomic mass is 10.1. The van der Waals surface area contributed by atoms with Gasteiger partial charge in [-0.1, -0.05) is 11.6 Å². The zero-order valence-corrected chi connectivity index (χ0v) is 7.12. The molecule has 1 aliphatic rings. The average Bonchev–Trinajstić information content (AvgIpc) is 2.58. The maximum absolute atomic E-state index is 5.61. The molecule has 0 aliphatic carbocycles. The molecule has 0 amide bonds. The number of furan rings is 1. The summed E-state index contributed by atoms with van der Waals surface area (Å²) < 4.78 is 10.6. The first-order valence-corrected chi connectivity index (χ1v) is 4.15. The van der Waals surface area contributed by atoms with Crippen molar-refractivity contribution < 1.29 is 9.15 Å². The highest BCUT2D eigenvalue weighted by Crippen LogP contribution is 2.26. The van der Waals surface area contributed by atoms with E-state index in [0.717, 1.165) is 18.6 Å². The number of hydrogen-bond acceptors (Lipinski definition) is 2. The van der Waals surface area contributed by atoms with Gasteiger partial charge in [-0.05, 0) is 19.4 Å². The molecule has 0 fully saturated rings. The van der Waals surface area contributed by atoms with Crippen molar-refractivity contribution in [2.75, 3.05) is 6.61 Å². The van der Waals surface area contributed by atoms with Crippen molar-refractivity contribution in [3.05, 3.63) is 35.8 Å². The zero-order chi connectivity index (χ0) is 8.39. The van der Waals surface area contributed by atoms with Crippen molar-refractivity contribution >= 4 is 0 Å². The highest BCUT2D eigenvalue weighted by atomic mass is 16.5. The Morgan fingerprint density at radius 2 is 2.42 bits per heavy atom. The lowest BCUT2D eigenvalue weighted by molar-refractivity contribution is 0.0613. The molecule has 2 heterocycles. The summed E-state index contributed by atoms with van der Waals surface area (Å²) in [6.07, 6.45) is 6.82. The van der Waals surface area contributed by atoms with Gasteiger partial charge in [0.2, 0.25) is 0 Å². The van der Waals surface area contributed by atoms with Crippen LogP contribution < -0.4 is 0 Å². The molecule has 0 saturated carbocycles. The fourth-order valence-electron chi connectivity index (χ4n) is 1.36. The molecule has 64 valence electrons. The summed E-state index contributed by atoms with van der Waals surface area (Å²) in [6, 6.07) is 1.96. The molecule has 12 heavy (non-hydrogen) atoms. The Kier molecular flexibility index (Phi) is 2.00. The molecule has 2 rings (SSSR count). The minimum Gasteiger partial charge on any atom is -0.472 e. The Hall–Kier alpha value is -1.02. The fourth-order valence-corrected chi connectivity index (χ4v) is 1.36. The van der Waals surface area contributed by atoms with Crippen molar-refractivity contribution in [3.63, 3.8) is 0 Å². The molecule has 2 heteroatoms. The summed E-state index contributed by atoms with van der Waals surface area (Å²) in [5, 5.41) is 0. The van der Waals surface area contributed by atoms with Crippen LogP contribution in [0.4, 0.5) is 0 Å². The van der Waals surface area contributed by atoms with E-state index in [-0.39, 0.29) is 6.10 Å². The van der Waals surface area contributed by atoms with Gasteiger partial charge in [-0.15, -0.1) is 0 Å². The van der Waals surface area contributed by atoms with Gasteiger partial charge in [0.15, 0.2) is 0 Å². The predicted molar refractivity (Wildman–Crippen MR) is 45.8 cm³/mol. The second kappa shape index (κ2) is 3.15. The van der Waals surface area contributed by atoms with E-state index < -0.39 is 0 Å². The lowest BCUT2D eigenvalue weighted by Gasteiger charge is -2.19. The van der Waals surface area contributed by atoms with E-state index in [1.165, 1.54) is 5.57 Å². The highest BCUT2D eigenvalue weighted by molar-refractivity contribution is 5.14. The second-order valence-corrected chi connectivity index (χ2v) is 3.14. The molecule has 0 bridgehead atoms. The third-order valence-corrected chi connectivity index (χ3v) is 2.11. The first-order chi connectivity index (χ1) is 5.86. The molecule has 0 radical (unpaired) electrons. The van der Waals surface area contributed by atoms with Crippen LogP contribution in [-0.2, 0) is 4.74 Å². The summed E-state index contributed by atoms with van der Waals surface area (Å²) in [5.74, 6) is 0. The van der Waals surface area contributed by atoms with E-state index in [9.17, 15) is 0 Å². The van der Waals surface area contributed by atoms with Crippen LogP contribution in [0.3, 0.4) is 0 Å². The molecule has 1 atom stereocenters. The van der Waals surface area contributed by atoms with E-state index >= 15 is 0 Å². The fraction of sp³-hybridized carbons (Fsp3) is 0.400. The van der Waals surface area contributed by atoms with Crippen molar-refractivity contribution in [2.24, 2.45) is 0 Å². The molecule has 1 aromatic heterocycles. The third-order valence-electron chi connectivity index (χ3n) is 2.11. The Balaban J connectivity index is 2.09. The van der Waals surface area contributed by atoms with Crippen molar-refractivity contribution in [1.82, 2.24) is 0 Å². The second-order valence-electron chi connectivity index (χ2n) is 3.14. The van der Waals surface area contributed by atoms with Crippen LogP contribution in [0.15, 0.2) is 34.7 Å². The normalized spacial score (nSPS) is 23.8. The van der Waals surface area contributed by atoms with E-state index in [0.29, 0.717) is 0 Å². The molecular weight excluding hydrogens is 152 g/mol. The van der Waals surface area contributed by atoms with E-state index in [4.69, 9.17) is 9.15 Å². The SMILES string of the molecule is CC1=CCC(c2ccoc2)OC1. The first kappa shape index (κ1) is 7.62. The van der Waals surface area contributed by atoms with Crippen LogP contribution in [-0.4, -0.2) is 6.61 Å². The molecular formula is C10H12O2. The van der Waals surface area contributed by atoms with Crippen LogP contribution in [0, 0.1) is 0 Å². The van der Waals surface area contributed by atoms with Gasteiger partial charge in [0.1, 0.15) is 0 Å². The summed E-state index contributed by atoms with van der Waals surface area (Å²) in [5.41, 5.74) is 2.45. The molecule has 0 saturated heterocycles. The van der Waals surface area contributed by atoms with Crippen LogP contribution in [0.5, 0.6) is 0 Å². The maximum Gasteiger partial charge on any atom is 0.0960 e. The first-order valence-electron chi connectivity index (χ1n) is 4.15. The maximum atomic E-state index is 5.61. The number of hydrogen-bond donors (Lipinski definition) is 0. The summed E-state index contributed by atoms with van der Waals surface area (Å²) in [4.78, 5) is 0. The zero-order valence-electron chi connectivity index (χ0n) is 7.12. The molecule has 0 aromatic carbocycles. The van der Waals surface area contributed by atoms with Gasteiger partial charge in [0.25, 0.3) is 0 Å². The Morgan fingerprint density at radius 3 is 3.00 bits per heavy atom. The highest BCUT2D eigenvalue weighted by Gasteiger charge is 2.15. The quantitative estimate of drug-likeness (QED) is 0.595. The van der Waals surface area contributed by atoms with Gasteiger partial charge in [-0.2, -0.15) is 0 Å². The average molecular weight is 164 g/mol. The monoisotopic (exact) mass is 164 g/mol. The standard InChI is InChI=1S/C10H12O2/c1-8-2-3-10(12-6-8)9-4-5-11-7-9/h2,4-5,7,10H,3,6H2,1H3. The van der Waals surface area contributed by atoms with Crippen LogP contribution in [0.1, 0.15) is 25.0 Å². The summed E-state index contributed by atoms with van der Waals surface area (Å²) in [6.45, 7) is 2.83. The minimum absolute atomic E-state index is 0.201.